The van der Waals surface area contributed by atoms with Crippen molar-refractivity contribution in [3.05, 3.63) is 0 Å². The summed E-state index contributed by atoms with van der Waals surface area (Å²) in [5, 5.41) is 15.7. The van der Waals surface area contributed by atoms with Gasteiger partial charge in [0.05, 0.1) is 5.41 Å². The maximum atomic E-state index is 12.5. The lowest BCUT2D eigenvalue weighted by atomic mass is 9.84. The summed E-state index contributed by atoms with van der Waals surface area (Å²) < 4.78 is 0. The molecule has 3 aliphatic rings. The number of hydrogen-bond acceptors (Lipinski definition) is 3. The van der Waals surface area contributed by atoms with Gasteiger partial charge >= 0.3 is 6.03 Å². The number of aliphatic hydroxyl groups is 1. The van der Waals surface area contributed by atoms with Crippen LogP contribution in [0, 0.1) is 23.2 Å². The predicted octanol–water partition coefficient (Wildman–Crippen LogP) is 1.34. The Hall–Kier alpha value is -1.30. The van der Waals surface area contributed by atoms with Gasteiger partial charge in [-0.2, -0.15) is 0 Å². The summed E-state index contributed by atoms with van der Waals surface area (Å²) in [5.74, 6) is 1.37. The zero-order valence-corrected chi connectivity index (χ0v) is 14.9. The smallest absolute Gasteiger partial charge is 0.315 e. The lowest BCUT2D eigenvalue weighted by Crippen LogP contribution is -2.52. The zero-order valence-electron chi connectivity index (χ0n) is 14.9. The van der Waals surface area contributed by atoms with Gasteiger partial charge in [0, 0.05) is 39.2 Å². The van der Waals surface area contributed by atoms with Crippen molar-refractivity contribution in [3.63, 3.8) is 0 Å². The van der Waals surface area contributed by atoms with E-state index in [1.54, 1.807) is 19.0 Å². The van der Waals surface area contributed by atoms with Crippen LogP contribution in [-0.2, 0) is 4.79 Å². The van der Waals surface area contributed by atoms with E-state index in [4.69, 9.17) is 0 Å². The van der Waals surface area contributed by atoms with E-state index in [2.05, 4.69) is 10.6 Å². The molecule has 3 fully saturated rings. The fourth-order valence-corrected chi connectivity index (χ4v) is 5.34. The van der Waals surface area contributed by atoms with Gasteiger partial charge in [-0.05, 0) is 43.9 Å². The van der Waals surface area contributed by atoms with E-state index < -0.39 is 5.41 Å². The van der Waals surface area contributed by atoms with Gasteiger partial charge in [0.1, 0.15) is 0 Å². The van der Waals surface area contributed by atoms with Crippen molar-refractivity contribution in [3.8, 4) is 0 Å². The van der Waals surface area contributed by atoms with Crippen molar-refractivity contribution < 1.29 is 14.7 Å². The highest BCUT2D eigenvalue weighted by atomic mass is 16.3. The van der Waals surface area contributed by atoms with E-state index in [9.17, 15) is 14.7 Å². The summed E-state index contributed by atoms with van der Waals surface area (Å²) in [6, 6.07) is -0.110. The van der Waals surface area contributed by atoms with Gasteiger partial charge in [-0.1, -0.05) is 12.8 Å². The van der Waals surface area contributed by atoms with Crippen LogP contribution < -0.4 is 10.6 Å². The molecule has 24 heavy (non-hydrogen) atoms. The molecule has 0 aliphatic heterocycles. The number of nitrogens with zero attached hydrogens (tertiary/aromatic N) is 1. The first kappa shape index (κ1) is 17.5. The van der Waals surface area contributed by atoms with Crippen LogP contribution >= 0.6 is 0 Å². The third-order valence-electron chi connectivity index (χ3n) is 6.60. The molecule has 0 heterocycles. The SMILES string of the molecule is CN(C)C(=O)C1(CNC(=O)N[C@@H]2[C@H]3CC[C@@H](C3)[C@H]2CO)CCCC1. The Bertz CT molecular complexity index is 488. The van der Waals surface area contributed by atoms with E-state index >= 15 is 0 Å². The molecular weight excluding hydrogens is 306 g/mol. The van der Waals surface area contributed by atoms with E-state index in [0.29, 0.717) is 18.4 Å². The molecule has 0 radical (unpaired) electrons. The average Bonchev–Trinajstić information content (AvgIpc) is 3.28. The Morgan fingerprint density at radius 1 is 1.17 bits per heavy atom. The number of aliphatic hydroxyl groups excluding tert-OH is 1. The molecule has 0 aromatic carbocycles. The number of carbonyl (C=O) groups excluding carboxylic acids is 2. The second kappa shape index (κ2) is 6.90. The number of amides is 3. The normalized spacial score (nSPS) is 33.5. The lowest BCUT2D eigenvalue weighted by Gasteiger charge is -2.33. The molecular formula is C18H31N3O3. The first-order valence-corrected chi connectivity index (χ1v) is 9.34. The average molecular weight is 337 g/mol. The van der Waals surface area contributed by atoms with Crippen molar-refractivity contribution in [2.24, 2.45) is 23.2 Å². The van der Waals surface area contributed by atoms with Gasteiger partial charge in [-0.15, -0.1) is 0 Å². The summed E-state index contributed by atoms with van der Waals surface area (Å²) in [6.07, 6.45) is 7.23. The van der Waals surface area contributed by atoms with Crippen LogP contribution in [-0.4, -0.2) is 55.2 Å². The quantitative estimate of drug-likeness (QED) is 0.708. The van der Waals surface area contributed by atoms with Crippen LogP contribution in [0.5, 0.6) is 0 Å². The first-order valence-electron chi connectivity index (χ1n) is 9.34. The Kier molecular flexibility index (Phi) is 5.04. The minimum Gasteiger partial charge on any atom is -0.396 e. The number of carbonyl (C=O) groups is 2. The highest BCUT2D eigenvalue weighted by molar-refractivity contribution is 5.84. The second-order valence-corrected chi connectivity index (χ2v) is 8.22. The number of fused-ring (bicyclic) bond motifs is 2. The molecule has 3 aliphatic carbocycles. The third kappa shape index (κ3) is 3.13. The molecule has 6 nitrogen and oxygen atoms in total. The summed E-state index contributed by atoms with van der Waals surface area (Å²) in [5.41, 5.74) is -0.439. The Morgan fingerprint density at radius 2 is 1.83 bits per heavy atom. The monoisotopic (exact) mass is 337 g/mol. The molecule has 0 spiro atoms. The highest BCUT2D eigenvalue weighted by Crippen LogP contribution is 2.48. The number of urea groups is 1. The van der Waals surface area contributed by atoms with Gasteiger partial charge in [0.25, 0.3) is 0 Å². The van der Waals surface area contributed by atoms with E-state index in [1.807, 2.05) is 0 Å². The Balaban J connectivity index is 1.56. The molecule has 3 N–H and O–H groups in total. The van der Waals surface area contributed by atoms with E-state index in [-0.39, 0.29) is 30.5 Å². The molecule has 3 saturated carbocycles. The van der Waals surface area contributed by atoms with Crippen LogP contribution in [0.2, 0.25) is 0 Å². The van der Waals surface area contributed by atoms with Crippen LogP contribution in [0.25, 0.3) is 0 Å². The van der Waals surface area contributed by atoms with Crippen molar-refractivity contribution >= 4 is 11.9 Å². The van der Waals surface area contributed by atoms with E-state index in [0.717, 1.165) is 38.5 Å². The topological polar surface area (TPSA) is 81.7 Å². The number of rotatable bonds is 5. The lowest BCUT2D eigenvalue weighted by molar-refractivity contribution is -0.138. The highest BCUT2D eigenvalue weighted by Gasteiger charge is 2.48. The van der Waals surface area contributed by atoms with Gasteiger partial charge in [-0.3, -0.25) is 4.79 Å². The van der Waals surface area contributed by atoms with Crippen molar-refractivity contribution in [1.29, 1.82) is 0 Å². The van der Waals surface area contributed by atoms with Crippen LogP contribution in [0.1, 0.15) is 44.9 Å². The van der Waals surface area contributed by atoms with E-state index in [1.165, 1.54) is 6.42 Å². The molecule has 4 atom stereocenters. The Labute approximate surface area is 144 Å². The van der Waals surface area contributed by atoms with Gasteiger partial charge < -0.3 is 20.6 Å². The molecule has 2 bridgehead atoms. The van der Waals surface area contributed by atoms with Gasteiger partial charge in [0.15, 0.2) is 0 Å². The zero-order chi connectivity index (χ0) is 17.3. The summed E-state index contributed by atoms with van der Waals surface area (Å²) >= 11 is 0. The fraction of sp³-hybridized carbons (Fsp3) is 0.889. The second-order valence-electron chi connectivity index (χ2n) is 8.22. The molecule has 3 rings (SSSR count). The minimum atomic E-state index is -0.439. The molecule has 0 aromatic heterocycles. The Morgan fingerprint density at radius 3 is 2.46 bits per heavy atom. The van der Waals surface area contributed by atoms with Crippen molar-refractivity contribution in [2.75, 3.05) is 27.2 Å². The molecule has 6 heteroatoms. The van der Waals surface area contributed by atoms with Crippen LogP contribution in [0.4, 0.5) is 4.79 Å². The minimum absolute atomic E-state index is 0.0813. The molecule has 3 amide bonds. The van der Waals surface area contributed by atoms with Gasteiger partial charge in [-0.25, -0.2) is 4.79 Å². The number of hydrogen-bond donors (Lipinski definition) is 3. The third-order valence-corrected chi connectivity index (χ3v) is 6.60. The largest absolute Gasteiger partial charge is 0.396 e. The summed E-state index contributed by atoms with van der Waals surface area (Å²) in [7, 11) is 3.56. The van der Waals surface area contributed by atoms with Gasteiger partial charge in [0.2, 0.25) is 5.91 Å². The van der Waals surface area contributed by atoms with Crippen molar-refractivity contribution in [1.82, 2.24) is 15.5 Å². The summed E-state index contributed by atoms with van der Waals surface area (Å²) in [6.45, 7) is 0.551. The number of nitrogens with one attached hydrogen (secondary N) is 2. The summed E-state index contributed by atoms with van der Waals surface area (Å²) in [4.78, 5) is 26.6. The maximum absolute atomic E-state index is 12.5. The molecule has 0 aromatic rings. The fourth-order valence-electron chi connectivity index (χ4n) is 5.34. The molecule has 0 saturated heterocycles. The van der Waals surface area contributed by atoms with Crippen LogP contribution in [0.15, 0.2) is 0 Å². The predicted molar refractivity (Wildman–Crippen MR) is 91.3 cm³/mol. The maximum Gasteiger partial charge on any atom is 0.315 e. The standard InChI is InChI=1S/C18H31N3O3/c1-21(2)16(23)18(7-3-4-8-18)11-19-17(24)20-15-13-6-5-12(9-13)14(15)10-22/h12-15,22H,3-11H2,1-2H3,(H2,19,20,24)/t12-,13-,14+,15+/m0/s1. The molecule has 136 valence electrons. The van der Waals surface area contributed by atoms with Crippen molar-refractivity contribution in [2.45, 2.75) is 51.0 Å². The van der Waals surface area contributed by atoms with Crippen LogP contribution in [0.3, 0.4) is 0 Å². The first-order chi connectivity index (χ1) is 11.5. The molecule has 0 unspecified atom stereocenters.